The highest BCUT2D eigenvalue weighted by molar-refractivity contribution is 6.33. The second-order valence-corrected chi connectivity index (χ2v) is 5.15. The Morgan fingerprint density at radius 1 is 1.42 bits per heavy atom. The molecule has 2 rings (SSSR count). The van der Waals surface area contributed by atoms with Gasteiger partial charge in [0, 0.05) is 6.07 Å². The lowest BCUT2D eigenvalue weighted by Gasteiger charge is -2.41. The van der Waals surface area contributed by atoms with Gasteiger partial charge in [-0.3, -0.25) is 0 Å². The van der Waals surface area contributed by atoms with Gasteiger partial charge in [-0.25, -0.2) is 18.6 Å². The fourth-order valence-electron chi connectivity index (χ4n) is 2.02. The number of nitrogens with zero attached hydrogens (tertiary/aromatic N) is 1. The highest BCUT2D eigenvalue weighted by Crippen LogP contribution is 2.34. The average molecular weight is 369 g/mol. The second-order valence-electron chi connectivity index (χ2n) is 4.74. The molecule has 1 aliphatic rings. The first kappa shape index (κ1) is 18.2. The summed E-state index contributed by atoms with van der Waals surface area (Å²) in [6.45, 7) is -1.11. The first-order chi connectivity index (χ1) is 11.0. The van der Waals surface area contributed by atoms with Crippen molar-refractivity contribution in [3.63, 3.8) is 0 Å². The van der Waals surface area contributed by atoms with Crippen molar-refractivity contribution < 1.29 is 31.9 Å². The van der Waals surface area contributed by atoms with Crippen molar-refractivity contribution in [1.82, 2.24) is 9.96 Å². The highest BCUT2D eigenvalue weighted by atomic mass is 35.5. The molecule has 130 valence electrons. The Morgan fingerprint density at radius 3 is 2.54 bits per heavy atom. The summed E-state index contributed by atoms with van der Waals surface area (Å²) < 4.78 is 54.1. The Kier molecular flexibility index (Phi) is 4.57. The molecule has 0 aromatic heterocycles. The number of alkyl halides is 3. The molecule has 0 spiro atoms. The van der Waals surface area contributed by atoms with E-state index in [2.05, 4.69) is 4.74 Å². The number of ether oxygens (including phenoxy) is 1. The lowest BCUT2D eigenvalue weighted by molar-refractivity contribution is -0.128. The van der Waals surface area contributed by atoms with Crippen LogP contribution in [0.25, 0.3) is 0 Å². The average Bonchev–Trinajstić information content (AvgIpc) is 2.48. The minimum Gasteiger partial charge on any atom is -0.618 e. The third-order valence-corrected chi connectivity index (χ3v) is 3.57. The topological polar surface area (TPSA) is 78.5 Å². The first-order valence-electron chi connectivity index (χ1n) is 6.25. The van der Waals surface area contributed by atoms with Crippen LogP contribution in [-0.4, -0.2) is 31.8 Å². The molecule has 1 N–H and O–H groups in total. The van der Waals surface area contributed by atoms with Crippen molar-refractivity contribution >= 4 is 29.2 Å². The van der Waals surface area contributed by atoms with E-state index in [0.29, 0.717) is 12.1 Å². The van der Waals surface area contributed by atoms with Gasteiger partial charge in [0.2, 0.25) is 0 Å². The minimum absolute atomic E-state index is 0.0440. The number of methoxy groups -OCH3 is 1. The van der Waals surface area contributed by atoms with Crippen molar-refractivity contribution in [2.24, 2.45) is 0 Å². The number of allylic oxidation sites excluding steroid dienone is 1. The van der Waals surface area contributed by atoms with Gasteiger partial charge in [-0.05, 0) is 6.07 Å². The molecule has 24 heavy (non-hydrogen) atoms. The van der Waals surface area contributed by atoms with Crippen LogP contribution in [-0.2, 0) is 9.53 Å². The van der Waals surface area contributed by atoms with E-state index in [9.17, 15) is 32.4 Å². The zero-order chi connectivity index (χ0) is 18.3. The largest absolute Gasteiger partial charge is 0.618 e. The number of carbonyl (C=O) groups excluding carboxylic acids is 2. The third kappa shape index (κ3) is 3.07. The van der Waals surface area contributed by atoms with E-state index in [4.69, 9.17) is 11.6 Å². The van der Waals surface area contributed by atoms with Crippen LogP contribution in [0.2, 0.25) is 5.02 Å². The molecule has 1 atom stereocenters. The summed E-state index contributed by atoms with van der Waals surface area (Å²) in [4.78, 5) is 23.4. The molecule has 11 heteroatoms. The Hall–Kier alpha value is -2.17. The van der Waals surface area contributed by atoms with Gasteiger partial charge in [-0.1, -0.05) is 11.6 Å². The van der Waals surface area contributed by atoms with Crippen molar-refractivity contribution in [2.75, 3.05) is 13.8 Å². The highest BCUT2D eigenvalue weighted by Gasteiger charge is 2.43. The summed E-state index contributed by atoms with van der Waals surface area (Å²) in [6.07, 6.45) is -4.82. The third-order valence-electron chi connectivity index (χ3n) is 3.25. The van der Waals surface area contributed by atoms with Crippen molar-refractivity contribution in [2.45, 2.75) is 6.18 Å². The van der Waals surface area contributed by atoms with E-state index in [0.717, 1.165) is 7.11 Å². The predicted octanol–water partition coefficient (Wildman–Crippen LogP) is 2.60. The van der Waals surface area contributed by atoms with Gasteiger partial charge in [0.15, 0.2) is 18.2 Å². The van der Waals surface area contributed by atoms with Gasteiger partial charge in [-0.15, -0.1) is 0 Å². The molecule has 1 aromatic carbocycles. The van der Waals surface area contributed by atoms with Crippen LogP contribution >= 0.6 is 11.6 Å². The molecule has 0 aliphatic carbocycles. The molecule has 0 fully saturated rings. The van der Waals surface area contributed by atoms with Gasteiger partial charge in [0.25, 0.3) is 0 Å². The number of amides is 1. The Labute approximate surface area is 137 Å². The summed E-state index contributed by atoms with van der Waals surface area (Å²) in [6, 6.07) is 1.29. The van der Waals surface area contributed by atoms with E-state index in [1.807, 2.05) is 0 Å². The Bertz CT molecular complexity index is 750. The molecule has 0 saturated heterocycles. The van der Waals surface area contributed by atoms with E-state index in [1.54, 1.807) is 5.32 Å². The maximum atomic E-state index is 14.1. The van der Waals surface area contributed by atoms with Crippen LogP contribution in [0.1, 0.15) is 10.4 Å². The van der Waals surface area contributed by atoms with Gasteiger partial charge in [0.05, 0.1) is 23.8 Å². The van der Waals surface area contributed by atoms with Crippen molar-refractivity contribution in [1.29, 1.82) is 0 Å². The molecule has 0 radical (unpaired) electrons. The number of benzene rings is 1. The number of nitrogens with one attached hydrogen (secondary N) is 1. The van der Waals surface area contributed by atoms with E-state index in [-0.39, 0.29) is 11.1 Å². The van der Waals surface area contributed by atoms with Gasteiger partial charge in [0.1, 0.15) is 5.70 Å². The van der Waals surface area contributed by atoms with Crippen LogP contribution in [0.3, 0.4) is 0 Å². The fourth-order valence-corrected chi connectivity index (χ4v) is 2.25. The summed E-state index contributed by atoms with van der Waals surface area (Å²) in [7, 11) is 1.01. The zero-order valence-electron chi connectivity index (χ0n) is 11.9. The molecule has 1 aromatic rings. The number of hydrogen-bond donors (Lipinski definition) is 1. The molecular weight excluding hydrogens is 360 g/mol. The summed E-state index contributed by atoms with van der Waals surface area (Å²) in [5.74, 6) is -3.81. The maximum absolute atomic E-state index is 14.1. The number of rotatable bonds is 2. The van der Waals surface area contributed by atoms with Gasteiger partial charge >= 0.3 is 18.1 Å². The molecule has 1 aliphatic heterocycles. The quantitative estimate of drug-likeness (QED) is 0.376. The molecular formula is C13H9ClF4N2O4. The first-order valence-corrected chi connectivity index (χ1v) is 6.63. The lowest BCUT2D eigenvalue weighted by atomic mass is 10.1. The van der Waals surface area contributed by atoms with Crippen LogP contribution in [0, 0.1) is 11.0 Å². The van der Waals surface area contributed by atoms with Crippen LogP contribution in [0.15, 0.2) is 23.9 Å². The molecule has 6 nitrogen and oxygen atoms in total. The Morgan fingerprint density at radius 2 is 2.04 bits per heavy atom. The van der Waals surface area contributed by atoms with Gasteiger partial charge < -0.3 is 15.3 Å². The number of hydrogen-bond acceptors (Lipinski definition) is 5. The molecule has 1 heterocycles. The number of esters is 1. The van der Waals surface area contributed by atoms with Crippen LogP contribution in [0.4, 0.5) is 23.2 Å². The SMILES string of the molecule is COC(=O)c1cc([N+]2([O-])CNC(C(F)(F)F)=CC2=O)c(F)cc1Cl. The number of halogens is 5. The number of hydroxylamine groups is 2. The molecule has 1 unspecified atom stereocenters. The molecule has 1 amide bonds. The smallest absolute Gasteiger partial charge is 0.431 e. The summed E-state index contributed by atoms with van der Waals surface area (Å²) >= 11 is 5.67. The van der Waals surface area contributed by atoms with Crippen LogP contribution < -0.4 is 9.96 Å². The summed E-state index contributed by atoms with van der Waals surface area (Å²) in [5.41, 5.74) is -2.68. The lowest BCUT2D eigenvalue weighted by Crippen LogP contribution is -2.58. The monoisotopic (exact) mass is 368 g/mol. The van der Waals surface area contributed by atoms with Crippen LogP contribution in [0.5, 0.6) is 0 Å². The number of quaternary nitrogens is 1. The summed E-state index contributed by atoms with van der Waals surface area (Å²) in [5, 5.41) is 14.0. The zero-order valence-corrected chi connectivity index (χ0v) is 12.7. The fraction of sp³-hybridized carbons (Fsp3) is 0.231. The maximum Gasteiger partial charge on any atom is 0.431 e. The standard InChI is InChI=1S/C13H9ClF4N2O4/c1-24-12(22)6-2-9(8(15)3-7(6)14)20(23)5-19-10(4-11(20)21)13(16,17)18/h2-4,19H,5H2,1H3. The predicted molar refractivity (Wildman–Crippen MR) is 75.1 cm³/mol. The van der Waals surface area contributed by atoms with E-state index < -0.39 is 52.1 Å². The van der Waals surface area contributed by atoms with Crippen molar-refractivity contribution in [3.8, 4) is 0 Å². The van der Waals surface area contributed by atoms with Gasteiger partial charge in [-0.2, -0.15) is 13.2 Å². The van der Waals surface area contributed by atoms with Crippen molar-refractivity contribution in [3.05, 3.63) is 45.5 Å². The molecule has 0 saturated carbocycles. The number of carbonyl (C=O) groups is 2. The second kappa shape index (κ2) is 6.04. The molecule has 0 bridgehead atoms. The normalized spacial score (nSPS) is 21.1. The minimum atomic E-state index is -4.86. The van der Waals surface area contributed by atoms with E-state index in [1.165, 1.54) is 0 Å². The van der Waals surface area contributed by atoms with E-state index >= 15 is 0 Å². The Balaban J connectivity index is 2.54.